The molecule has 2 aromatic carbocycles. The average molecular weight is 350 g/mol. The zero-order valence-corrected chi connectivity index (χ0v) is 14.8. The molecule has 0 radical (unpaired) electrons. The first-order chi connectivity index (χ1) is 12.5. The lowest BCUT2D eigenvalue weighted by Crippen LogP contribution is -2.32. The predicted molar refractivity (Wildman–Crippen MR) is 102 cm³/mol. The van der Waals surface area contributed by atoms with Crippen molar-refractivity contribution in [1.29, 1.82) is 0 Å². The standard InChI is InChI=1S/C21H22N2O3/c1-14-5-10-18(12-15(14)2)23-21(25)22-13-19(24)16-6-8-17(9-7-16)20-4-3-11-26-20/h3-12,19,24H,13H2,1-2H3,(H2,22,23,25). The number of nitrogens with one attached hydrogen (secondary N) is 2. The molecule has 3 N–H and O–H groups in total. The van der Waals surface area contributed by atoms with Gasteiger partial charge in [0.15, 0.2) is 0 Å². The molecule has 3 aromatic rings. The number of urea groups is 1. The summed E-state index contributed by atoms with van der Waals surface area (Å²) in [5.41, 5.74) is 4.67. The molecule has 2 amide bonds. The SMILES string of the molecule is Cc1ccc(NC(=O)NCC(O)c2ccc(-c3ccco3)cc2)cc1C. The number of aryl methyl sites for hydroxylation is 2. The van der Waals surface area contributed by atoms with Crippen LogP contribution in [0.2, 0.25) is 0 Å². The molecule has 0 fully saturated rings. The van der Waals surface area contributed by atoms with Gasteiger partial charge >= 0.3 is 6.03 Å². The topological polar surface area (TPSA) is 74.5 Å². The molecule has 0 bridgehead atoms. The van der Waals surface area contributed by atoms with Gasteiger partial charge in [0.25, 0.3) is 0 Å². The summed E-state index contributed by atoms with van der Waals surface area (Å²) < 4.78 is 5.34. The van der Waals surface area contributed by atoms with E-state index < -0.39 is 6.10 Å². The molecule has 134 valence electrons. The van der Waals surface area contributed by atoms with Crippen LogP contribution in [0.4, 0.5) is 10.5 Å². The molecule has 5 nitrogen and oxygen atoms in total. The molecule has 0 saturated heterocycles. The Kier molecular flexibility index (Phi) is 5.39. The summed E-state index contributed by atoms with van der Waals surface area (Å²) in [6.07, 6.45) is 0.835. The largest absolute Gasteiger partial charge is 0.464 e. The van der Waals surface area contributed by atoms with Crippen LogP contribution in [0.1, 0.15) is 22.8 Å². The summed E-state index contributed by atoms with van der Waals surface area (Å²) in [6.45, 7) is 4.14. The van der Waals surface area contributed by atoms with Gasteiger partial charge in [0.2, 0.25) is 0 Å². The minimum atomic E-state index is -0.786. The van der Waals surface area contributed by atoms with Crippen LogP contribution in [0.25, 0.3) is 11.3 Å². The van der Waals surface area contributed by atoms with E-state index in [1.165, 1.54) is 5.56 Å². The van der Waals surface area contributed by atoms with Gasteiger partial charge in [-0.3, -0.25) is 0 Å². The lowest BCUT2D eigenvalue weighted by Gasteiger charge is -2.14. The van der Waals surface area contributed by atoms with E-state index in [1.807, 2.05) is 68.4 Å². The number of hydrogen-bond acceptors (Lipinski definition) is 3. The Morgan fingerprint density at radius 1 is 1.08 bits per heavy atom. The summed E-state index contributed by atoms with van der Waals surface area (Å²) >= 11 is 0. The Bertz CT molecular complexity index is 871. The highest BCUT2D eigenvalue weighted by molar-refractivity contribution is 5.89. The highest BCUT2D eigenvalue weighted by Crippen LogP contribution is 2.22. The summed E-state index contributed by atoms with van der Waals surface area (Å²) in [5, 5.41) is 15.7. The molecule has 0 aliphatic heterocycles. The number of benzene rings is 2. The number of anilines is 1. The van der Waals surface area contributed by atoms with E-state index in [0.717, 1.165) is 28.1 Å². The van der Waals surface area contributed by atoms with Gasteiger partial charge in [0, 0.05) is 17.8 Å². The van der Waals surface area contributed by atoms with Gasteiger partial charge < -0.3 is 20.2 Å². The van der Waals surface area contributed by atoms with E-state index in [0.29, 0.717) is 0 Å². The quantitative estimate of drug-likeness (QED) is 0.638. The van der Waals surface area contributed by atoms with Crippen LogP contribution in [-0.4, -0.2) is 17.7 Å². The van der Waals surface area contributed by atoms with Crippen molar-refractivity contribution in [3.8, 4) is 11.3 Å². The molecule has 3 rings (SSSR count). The zero-order valence-electron chi connectivity index (χ0n) is 14.8. The maximum absolute atomic E-state index is 12.0. The van der Waals surface area contributed by atoms with Crippen LogP contribution in [0, 0.1) is 13.8 Å². The van der Waals surface area contributed by atoms with E-state index >= 15 is 0 Å². The molecule has 0 saturated carbocycles. The van der Waals surface area contributed by atoms with Crippen LogP contribution in [0.15, 0.2) is 65.3 Å². The minimum Gasteiger partial charge on any atom is -0.464 e. The predicted octanol–water partition coefficient (Wildman–Crippen LogP) is 4.42. The van der Waals surface area contributed by atoms with Crippen molar-refractivity contribution in [2.45, 2.75) is 20.0 Å². The fraction of sp³-hybridized carbons (Fsp3) is 0.190. The molecule has 1 heterocycles. The Balaban J connectivity index is 1.53. The zero-order chi connectivity index (χ0) is 18.5. The van der Waals surface area contributed by atoms with Crippen LogP contribution in [0.5, 0.6) is 0 Å². The van der Waals surface area contributed by atoms with Crippen molar-refractivity contribution in [2.24, 2.45) is 0 Å². The first kappa shape index (κ1) is 17.8. The third-order valence-corrected chi connectivity index (χ3v) is 4.32. The summed E-state index contributed by atoms with van der Waals surface area (Å²) in [7, 11) is 0. The van der Waals surface area contributed by atoms with Crippen molar-refractivity contribution < 1.29 is 14.3 Å². The number of aliphatic hydroxyl groups is 1. The smallest absolute Gasteiger partial charge is 0.319 e. The second-order valence-electron chi connectivity index (χ2n) is 6.25. The third kappa shape index (κ3) is 4.32. The van der Waals surface area contributed by atoms with Gasteiger partial charge in [0.05, 0.1) is 12.4 Å². The Morgan fingerprint density at radius 2 is 1.85 bits per heavy atom. The van der Waals surface area contributed by atoms with Crippen molar-refractivity contribution in [2.75, 3.05) is 11.9 Å². The summed E-state index contributed by atoms with van der Waals surface area (Å²) in [6, 6.07) is 16.5. The number of hydrogen-bond donors (Lipinski definition) is 3. The van der Waals surface area contributed by atoms with Crippen molar-refractivity contribution >= 4 is 11.7 Å². The number of furan rings is 1. The molecule has 1 aromatic heterocycles. The van der Waals surface area contributed by atoms with Gasteiger partial charge in [-0.2, -0.15) is 0 Å². The average Bonchev–Trinajstić information content (AvgIpc) is 3.18. The fourth-order valence-corrected chi connectivity index (χ4v) is 2.61. The van der Waals surface area contributed by atoms with Crippen molar-refractivity contribution in [1.82, 2.24) is 5.32 Å². The van der Waals surface area contributed by atoms with Crippen LogP contribution in [-0.2, 0) is 0 Å². The van der Waals surface area contributed by atoms with E-state index in [-0.39, 0.29) is 12.6 Å². The van der Waals surface area contributed by atoms with E-state index in [9.17, 15) is 9.90 Å². The van der Waals surface area contributed by atoms with Crippen LogP contribution >= 0.6 is 0 Å². The van der Waals surface area contributed by atoms with Gasteiger partial charge in [0.1, 0.15) is 5.76 Å². The van der Waals surface area contributed by atoms with Gasteiger partial charge in [-0.15, -0.1) is 0 Å². The van der Waals surface area contributed by atoms with E-state index in [4.69, 9.17) is 4.42 Å². The van der Waals surface area contributed by atoms with Crippen LogP contribution in [0.3, 0.4) is 0 Å². The lowest BCUT2D eigenvalue weighted by atomic mass is 10.1. The Hall–Kier alpha value is -3.05. The third-order valence-electron chi connectivity index (χ3n) is 4.32. The molecule has 0 aliphatic carbocycles. The Labute approximate surface area is 152 Å². The lowest BCUT2D eigenvalue weighted by molar-refractivity contribution is 0.175. The minimum absolute atomic E-state index is 0.122. The van der Waals surface area contributed by atoms with Gasteiger partial charge in [-0.25, -0.2) is 4.79 Å². The monoisotopic (exact) mass is 350 g/mol. The maximum atomic E-state index is 12.0. The first-order valence-electron chi connectivity index (χ1n) is 8.47. The number of carbonyl (C=O) groups excluding carboxylic acids is 1. The molecule has 0 aliphatic rings. The normalized spacial score (nSPS) is 11.8. The summed E-state index contributed by atoms with van der Waals surface area (Å²) in [4.78, 5) is 12.0. The highest BCUT2D eigenvalue weighted by atomic mass is 16.3. The van der Waals surface area contributed by atoms with Crippen molar-refractivity contribution in [3.63, 3.8) is 0 Å². The number of aliphatic hydroxyl groups excluding tert-OH is 1. The molecule has 26 heavy (non-hydrogen) atoms. The van der Waals surface area contributed by atoms with E-state index in [1.54, 1.807) is 6.26 Å². The molecule has 5 heteroatoms. The molecular weight excluding hydrogens is 328 g/mol. The maximum Gasteiger partial charge on any atom is 0.319 e. The molecule has 1 unspecified atom stereocenters. The molecule has 0 spiro atoms. The second kappa shape index (κ2) is 7.89. The second-order valence-corrected chi connectivity index (χ2v) is 6.25. The van der Waals surface area contributed by atoms with Crippen molar-refractivity contribution in [3.05, 3.63) is 77.6 Å². The number of carbonyl (C=O) groups is 1. The van der Waals surface area contributed by atoms with Gasteiger partial charge in [-0.1, -0.05) is 30.3 Å². The van der Waals surface area contributed by atoms with Gasteiger partial charge in [-0.05, 0) is 54.8 Å². The number of rotatable bonds is 5. The fourth-order valence-electron chi connectivity index (χ4n) is 2.61. The number of amides is 2. The Morgan fingerprint density at radius 3 is 2.50 bits per heavy atom. The molecule has 1 atom stereocenters. The van der Waals surface area contributed by atoms with E-state index in [2.05, 4.69) is 10.6 Å². The summed E-state index contributed by atoms with van der Waals surface area (Å²) in [5.74, 6) is 0.775. The first-order valence-corrected chi connectivity index (χ1v) is 8.47. The highest BCUT2D eigenvalue weighted by Gasteiger charge is 2.11. The van der Waals surface area contributed by atoms with Crippen LogP contribution < -0.4 is 10.6 Å². The molecular formula is C21H22N2O3.